The predicted molar refractivity (Wildman–Crippen MR) is 45.4 cm³/mol. The summed E-state index contributed by atoms with van der Waals surface area (Å²) in [5, 5.41) is 0. The third-order valence-electron chi connectivity index (χ3n) is 4.27. The Morgan fingerprint density at radius 3 is 1.60 bits per heavy atom. The van der Waals surface area contributed by atoms with Gasteiger partial charge < -0.3 is 0 Å². The molecule has 0 heterocycles. The van der Waals surface area contributed by atoms with E-state index >= 15 is 0 Å². The molecule has 4 aliphatic rings. The van der Waals surface area contributed by atoms with Gasteiger partial charge in [0.25, 0.3) is 0 Å². The summed E-state index contributed by atoms with van der Waals surface area (Å²) in [7, 11) is 0. The van der Waals surface area contributed by atoms with Crippen LogP contribution in [0.2, 0.25) is 0 Å². The molecular weight excluding hydrogens is 372 g/mol. The van der Waals surface area contributed by atoms with Crippen LogP contribution in [0.25, 0.3) is 0 Å². The van der Waals surface area contributed by atoms with Crippen molar-refractivity contribution < 1.29 is 25.3 Å². The van der Waals surface area contributed by atoms with Crippen molar-refractivity contribution in [3.8, 4) is 0 Å². The monoisotopic (exact) mass is 389 g/mol. The number of rotatable bonds is 1. The van der Waals surface area contributed by atoms with Crippen molar-refractivity contribution >= 4 is 0 Å². The van der Waals surface area contributed by atoms with Crippen molar-refractivity contribution in [2.24, 2.45) is 21.4 Å². The van der Waals surface area contributed by atoms with Crippen LogP contribution in [0.1, 0.15) is 38.5 Å². The number of hydrogen-bond acceptors (Lipinski definition) is 4. The predicted octanol–water partition coefficient (Wildman–Crippen LogP) is 2.33. The first-order chi connectivity index (χ1) is 6.94. The first kappa shape index (κ1) is 10.0. The summed E-state index contributed by atoms with van der Waals surface area (Å²) < 4.78 is 36.4. The van der Waals surface area contributed by atoms with Gasteiger partial charge in [-0.05, 0) is 0 Å². The summed E-state index contributed by atoms with van der Waals surface area (Å²) in [6.45, 7) is 0. The van der Waals surface area contributed by atoms with Gasteiger partial charge in [-0.1, -0.05) is 0 Å². The Bertz CT molecular complexity index is 467. The first-order valence-electron chi connectivity index (χ1n) is 5.55. The summed E-state index contributed by atoms with van der Waals surface area (Å²) in [5.41, 5.74) is -0.441. The molecule has 4 bridgehead atoms. The van der Waals surface area contributed by atoms with E-state index in [1.54, 1.807) is 0 Å². The number of nitrogens with zero attached hydrogens (tertiary/aromatic N) is 1. The van der Waals surface area contributed by atoms with Gasteiger partial charge in [0, 0.05) is 0 Å². The molecule has 0 aromatic carbocycles. The molecule has 4 nitrogen and oxygen atoms in total. The molecule has 0 saturated heterocycles. The van der Waals surface area contributed by atoms with Crippen molar-refractivity contribution in [3.63, 3.8) is 0 Å². The second-order valence-corrected chi connectivity index (χ2v) is 8.82. The van der Waals surface area contributed by atoms with Gasteiger partial charge in [0.05, 0.1) is 0 Å². The zero-order chi connectivity index (χ0) is 10.7. The van der Waals surface area contributed by atoms with E-state index in [9.17, 15) is 10.6 Å². The molecule has 0 radical (unpaired) electrons. The van der Waals surface area contributed by atoms with E-state index < -0.39 is 20.2 Å². The molecule has 0 atom stereocenters. The fraction of sp³-hybridized carbons (Fsp3) is 1.00. The van der Waals surface area contributed by atoms with Crippen LogP contribution in [0.5, 0.6) is 0 Å². The normalized spacial score (nSPS) is 48.1. The van der Waals surface area contributed by atoms with Crippen LogP contribution < -0.4 is 0 Å². The van der Waals surface area contributed by atoms with E-state index in [4.69, 9.17) is 0 Å². The zero-order valence-electron chi connectivity index (χ0n) is 8.50. The molecule has 0 amide bonds. The van der Waals surface area contributed by atoms with Gasteiger partial charge in [0.1, 0.15) is 0 Å². The van der Waals surface area contributed by atoms with Crippen LogP contribution in [0, 0.1) is 17.8 Å². The third kappa shape index (κ3) is 1.80. The van der Waals surface area contributed by atoms with Crippen LogP contribution in [-0.2, 0) is 25.3 Å². The summed E-state index contributed by atoms with van der Waals surface area (Å²) in [6.07, 6.45) is 6.31. The topological polar surface area (TPSA) is 63.6 Å². The molecule has 0 aromatic heterocycles. The molecule has 0 aromatic rings. The SMILES string of the molecule is [O]=[Os](=[O])(=[O])=[N]C12CC3CC(CC(C3)C1)C2. The van der Waals surface area contributed by atoms with Gasteiger partial charge in [-0.25, -0.2) is 0 Å². The van der Waals surface area contributed by atoms with E-state index in [1.165, 1.54) is 19.3 Å². The van der Waals surface area contributed by atoms with Crippen molar-refractivity contribution in [1.29, 1.82) is 0 Å². The maximum absolute atomic E-state index is 10.9. The van der Waals surface area contributed by atoms with E-state index in [-0.39, 0.29) is 0 Å². The Balaban J connectivity index is 2.04. The van der Waals surface area contributed by atoms with Crippen molar-refractivity contribution in [3.05, 3.63) is 0 Å². The molecule has 86 valence electrons. The van der Waals surface area contributed by atoms with Crippen molar-refractivity contribution in [2.75, 3.05) is 0 Å². The van der Waals surface area contributed by atoms with Crippen LogP contribution in [-0.4, -0.2) is 5.54 Å². The van der Waals surface area contributed by atoms with E-state index in [0.29, 0.717) is 17.8 Å². The molecule has 0 N–H and O–H groups in total. The minimum atomic E-state index is -5.52. The summed E-state index contributed by atoms with van der Waals surface area (Å²) in [6, 6.07) is 0. The Kier molecular flexibility index (Phi) is 1.97. The number of hydrogen-bond donors (Lipinski definition) is 0. The quantitative estimate of drug-likeness (QED) is 0.694. The molecule has 4 fully saturated rings. The molecule has 4 saturated carbocycles. The fourth-order valence-corrected chi connectivity index (χ4v) is 6.54. The van der Waals surface area contributed by atoms with E-state index in [2.05, 4.69) is 3.65 Å². The van der Waals surface area contributed by atoms with Gasteiger partial charge in [-0.2, -0.15) is 0 Å². The standard InChI is InChI=1S/C10H15N.3O.Os/c11-10-4-7-1-8(5-10)3-9(2-7)6-10;;;;/h7-9H,1-6H2;;;;. The van der Waals surface area contributed by atoms with Crippen LogP contribution >= 0.6 is 0 Å². The Morgan fingerprint density at radius 2 is 1.27 bits per heavy atom. The van der Waals surface area contributed by atoms with Gasteiger partial charge in [-0.15, -0.1) is 0 Å². The summed E-state index contributed by atoms with van der Waals surface area (Å²) in [5.74, 6) is 1.93. The zero-order valence-corrected chi connectivity index (χ0v) is 11.0. The molecule has 15 heavy (non-hydrogen) atoms. The molecule has 4 rings (SSSR count). The second kappa shape index (κ2) is 2.94. The van der Waals surface area contributed by atoms with Crippen LogP contribution in [0.4, 0.5) is 0 Å². The summed E-state index contributed by atoms with van der Waals surface area (Å²) in [4.78, 5) is 0. The molecule has 0 spiro atoms. The van der Waals surface area contributed by atoms with Gasteiger partial charge in [0.15, 0.2) is 0 Å². The van der Waals surface area contributed by atoms with Gasteiger partial charge in [0.2, 0.25) is 0 Å². The van der Waals surface area contributed by atoms with E-state index in [1.807, 2.05) is 0 Å². The second-order valence-electron chi connectivity index (χ2n) is 5.59. The van der Waals surface area contributed by atoms with Crippen molar-refractivity contribution in [1.82, 2.24) is 0 Å². The molecule has 4 aliphatic carbocycles. The van der Waals surface area contributed by atoms with Crippen LogP contribution in [0.3, 0.4) is 0 Å². The van der Waals surface area contributed by atoms with Gasteiger partial charge >= 0.3 is 90.8 Å². The molecule has 0 aliphatic heterocycles. The van der Waals surface area contributed by atoms with Crippen LogP contribution in [0.15, 0.2) is 3.65 Å². The maximum atomic E-state index is 10.9. The van der Waals surface area contributed by atoms with Gasteiger partial charge in [-0.3, -0.25) is 0 Å². The fourth-order valence-electron chi connectivity index (χ4n) is 4.37. The Hall–Kier alpha value is -0.164. The Morgan fingerprint density at radius 1 is 0.867 bits per heavy atom. The third-order valence-corrected chi connectivity index (χ3v) is 6.17. The molecule has 0 unspecified atom stereocenters. The molecular formula is C10H15NO3Os. The average Bonchev–Trinajstić information content (AvgIpc) is 1.94. The summed E-state index contributed by atoms with van der Waals surface area (Å²) >= 11 is -5.52. The van der Waals surface area contributed by atoms with E-state index in [0.717, 1.165) is 19.3 Å². The van der Waals surface area contributed by atoms with Crippen molar-refractivity contribution in [2.45, 2.75) is 44.1 Å². The molecule has 5 heteroatoms. The average molecular weight is 387 g/mol. The Labute approximate surface area is 91.0 Å². The first-order valence-corrected chi connectivity index (χ1v) is 9.80. The minimum absolute atomic E-state index is 0.441.